The maximum absolute atomic E-state index is 12.6. The number of halogens is 4. The SMILES string of the molecule is Nc1c(F)cccc1OC(F)(F)F. The summed E-state index contributed by atoms with van der Waals surface area (Å²) >= 11 is 0. The van der Waals surface area contributed by atoms with E-state index in [4.69, 9.17) is 5.73 Å². The molecule has 0 saturated heterocycles. The van der Waals surface area contributed by atoms with Crippen molar-refractivity contribution < 1.29 is 22.3 Å². The number of hydrogen-bond acceptors (Lipinski definition) is 2. The Kier molecular flexibility index (Phi) is 2.31. The lowest BCUT2D eigenvalue weighted by Gasteiger charge is -2.10. The molecule has 0 aliphatic carbocycles. The van der Waals surface area contributed by atoms with Gasteiger partial charge in [-0.3, -0.25) is 0 Å². The average molecular weight is 195 g/mol. The maximum Gasteiger partial charge on any atom is 0.573 e. The van der Waals surface area contributed by atoms with E-state index in [0.717, 1.165) is 18.2 Å². The lowest BCUT2D eigenvalue weighted by Crippen LogP contribution is -2.18. The minimum atomic E-state index is -4.86. The van der Waals surface area contributed by atoms with E-state index in [0.29, 0.717) is 0 Å². The first-order chi connectivity index (χ1) is 5.90. The second kappa shape index (κ2) is 3.12. The molecular weight excluding hydrogens is 190 g/mol. The molecule has 0 saturated carbocycles. The zero-order valence-corrected chi connectivity index (χ0v) is 6.23. The van der Waals surface area contributed by atoms with Gasteiger partial charge in [0.2, 0.25) is 0 Å². The molecule has 72 valence electrons. The van der Waals surface area contributed by atoms with Gasteiger partial charge in [0, 0.05) is 0 Å². The van der Waals surface area contributed by atoms with Crippen LogP contribution in [-0.4, -0.2) is 6.36 Å². The van der Waals surface area contributed by atoms with Gasteiger partial charge in [0.25, 0.3) is 0 Å². The van der Waals surface area contributed by atoms with Crippen LogP contribution in [0.5, 0.6) is 5.75 Å². The Bertz CT molecular complexity index is 310. The fourth-order valence-corrected chi connectivity index (χ4v) is 0.731. The van der Waals surface area contributed by atoms with Gasteiger partial charge in [0.1, 0.15) is 11.5 Å². The Labute approximate surface area is 70.9 Å². The van der Waals surface area contributed by atoms with Crippen LogP contribution in [0.2, 0.25) is 0 Å². The summed E-state index contributed by atoms with van der Waals surface area (Å²) in [6.07, 6.45) is -4.86. The summed E-state index contributed by atoms with van der Waals surface area (Å²) in [6, 6.07) is 2.96. The lowest BCUT2D eigenvalue weighted by molar-refractivity contribution is -0.274. The van der Waals surface area contributed by atoms with Crippen molar-refractivity contribution in [2.45, 2.75) is 6.36 Å². The van der Waals surface area contributed by atoms with Crippen LogP contribution in [0, 0.1) is 5.82 Å². The van der Waals surface area contributed by atoms with Crippen molar-refractivity contribution in [3.63, 3.8) is 0 Å². The molecule has 2 N–H and O–H groups in total. The average Bonchev–Trinajstić information content (AvgIpc) is 1.96. The number of alkyl halides is 3. The molecule has 0 aromatic heterocycles. The minimum absolute atomic E-state index is 0.653. The van der Waals surface area contributed by atoms with E-state index in [-0.39, 0.29) is 0 Å². The Morgan fingerprint density at radius 2 is 1.85 bits per heavy atom. The van der Waals surface area contributed by atoms with Crippen molar-refractivity contribution in [3.05, 3.63) is 24.0 Å². The van der Waals surface area contributed by atoms with E-state index in [1.165, 1.54) is 0 Å². The van der Waals surface area contributed by atoms with Crippen LogP contribution in [-0.2, 0) is 0 Å². The molecule has 1 aromatic carbocycles. The second-order valence-electron chi connectivity index (χ2n) is 2.20. The summed E-state index contributed by atoms with van der Waals surface area (Å²) in [4.78, 5) is 0. The molecule has 13 heavy (non-hydrogen) atoms. The van der Waals surface area contributed by atoms with Gasteiger partial charge in [-0.25, -0.2) is 4.39 Å². The molecule has 0 spiro atoms. The third kappa shape index (κ3) is 2.50. The lowest BCUT2D eigenvalue weighted by atomic mass is 10.3. The molecule has 0 amide bonds. The van der Waals surface area contributed by atoms with Gasteiger partial charge < -0.3 is 10.5 Å². The number of para-hydroxylation sites is 1. The van der Waals surface area contributed by atoms with Crippen LogP contribution < -0.4 is 10.5 Å². The first-order valence-electron chi connectivity index (χ1n) is 3.20. The summed E-state index contributed by atoms with van der Waals surface area (Å²) in [7, 11) is 0. The fourth-order valence-electron chi connectivity index (χ4n) is 0.731. The van der Waals surface area contributed by atoms with E-state index < -0.39 is 23.6 Å². The number of rotatable bonds is 1. The van der Waals surface area contributed by atoms with Crippen LogP contribution in [0.25, 0.3) is 0 Å². The van der Waals surface area contributed by atoms with Crippen LogP contribution in [0.3, 0.4) is 0 Å². The molecule has 0 unspecified atom stereocenters. The van der Waals surface area contributed by atoms with Crippen LogP contribution in [0.1, 0.15) is 0 Å². The number of ether oxygens (including phenoxy) is 1. The van der Waals surface area contributed by atoms with Crippen molar-refractivity contribution in [3.8, 4) is 5.75 Å². The standard InChI is InChI=1S/C7H5F4NO/c8-4-2-1-3-5(6(4)12)13-7(9,10)11/h1-3H,12H2. The summed E-state index contributed by atoms with van der Waals surface area (Å²) in [5.74, 6) is -1.67. The van der Waals surface area contributed by atoms with E-state index in [2.05, 4.69) is 4.74 Å². The highest BCUT2D eigenvalue weighted by Gasteiger charge is 2.32. The highest BCUT2D eigenvalue weighted by molar-refractivity contribution is 5.53. The number of nitrogen functional groups attached to an aromatic ring is 1. The highest BCUT2D eigenvalue weighted by atomic mass is 19.4. The summed E-state index contributed by atoms with van der Waals surface area (Å²) in [6.45, 7) is 0. The van der Waals surface area contributed by atoms with E-state index >= 15 is 0 Å². The Balaban J connectivity index is 2.96. The molecule has 0 bridgehead atoms. The molecule has 1 aromatic rings. The highest BCUT2D eigenvalue weighted by Crippen LogP contribution is 2.29. The largest absolute Gasteiger partial charge is 0.573 e. The summed E-state index contributed by atoms with van der Waals surface area (Å²) in [5.41, 5.74) is 4.34. The normalized spacial score (nSPS) is 11.4. The van der Waals surface area contributed by atoms with Gasteiger partial charge in [-0.1, -0.05) is 6.07 Å². The van der Waals surface area contributed by atoms with Crippen molar-refractivity contribution in [1.82, 2.24) is 0 Å². The van der Waals surface area contributed by atoms with Gasteiger partial charge >= 0.3 is 6.36 Å². The Hall–Kier alpha value is -1.46. The second-order valence-corrected chi connectivity index (χ2v) is 2.20. The number of nitrogens with two attached hydrogens (primary N) is 1. The zero-order chi connectivity index (χ0) is 10.1. The number of hydrogen-bond donors (Lipinski definition) is 1. The molecule has 2 nitrogen and oxygen atoms in total. The third-order valence-electron chi connectivity index (χ3n) is 1.24. The number of anilines is 1. The van der Waals surface area contributed by atoms with Gasteiger partial charge in [0.05, 0.1) is 0 Å². The van der Waals surface area contributed by atoms with Crippen LogP contribution in [0.15, 0.2) is 18.2 Å². The van der Waals surface area contributed by atoms with Gasteiger partial charge in [-0.2, -0.15) is 0 Å². The van der Waals surface area contributed by atoms with E-state index in [1.807, 2.05) is 0 Å². The van der Waals surface area contributed by atoms with Crippen LogP contribution in [0.4, 0.5) is 23.2 Å². The van der Waals surface area contributed by atoms with Crippen molar-refractivity contribution in [2.75, 3.05) is 5.73 Å². The summed E-state index contributed by atoms with van der Waals surface area (Å²) < 4.78 is 51.0. The molecule has 0 radical (unpaired) electrons. The van der Waals surface area contributed by atoms with Gasteiger partial charge in [0.15, 0.2) is 5.75 Å². The zero-order valence-electron chi connectivity index (χ0n) is 6.23. The van der Waals surface area contributed by atoms with Crippen molar-refractivity contribution in [2.24, 2.45) is 0 Å². The van der Waals surface area contributed by atoms with Gasteiger partial charge in [-0.05, 0) is 12.1 Å². The van der Waals surface area contributed by atoms with E-state index in [1.54, 1.807) is 0 Å². The smallest absolute Gasteiger partial charge is 0.403 e. The van der Waals surface area contributed by atoms with Gasteiger partial charge in [-0.15, -0.1) is 13.2 Å². The Morgan fingerprint density at radius 1 is 1.23 bits per heavy atom. The molecule has 0 aliphatic rings. The Morgan fingerprint density at radius 3 is 2.38 bits per heavy atom. The first kappa shape index (κ1) is 9.63. The third-order valence-corrected chi connectivity index (χ3v) is 1.24. The van der Waals surface area contributed by atoms with E-state index in [9.17, 15) is 17.6 Å². The molecular formula is C7H5F4NO. The first-order valence-corrected chi connectivity index (χ1v) is 3.20. The quantitative estimate of drug-likeness (QED) is 0.551. The number of benzene rings is 1. The monoisotopic (exact) mass is 195 g/mol. The predicted octanol–water partition coefficient (Wildman–Crippen LogP) is 2.31. The van der Waals surface area contributed by atoms with Crippen molar-refractivity contribution >= 4 is 5.69 Å². The molecule has 0 heterocycles. The molecule has 1 rings (SSSR count). The molecule has 0 fully saturated rings. The molecule has 0 atom stereocenters. The van der Waals surface area contributed by atoms with Crippen molar-refractivity contribution in [1.29, 1.82) is 0 Å². The molecule has 0 aliphatic heterocycles. The fraction of sp³-hybridized carbons (Fsp3) is 0.143. The summed E-state index contributed by atoms with van der Waals surface area (Å²) in [5, 5.41) is 0. The minimum Gasteiger partial charge on any atom is -0.403 e. The predicted molar refractivity (Wildman–Crippen MR) is 37.5 cm³/mol. The molecule has 6 heteroatoms. The maximum atomic E-state index is 12.6. The topological polar surface area (TPSA) is 35.2 Å². The van der Waals surface area contributed by atoms with Crippen LogP contribution >= 0.6 is 0 Å².